The van der Waals surface area contributed by atoms with Crippen molar-refractivity contribution in [3.05, 3.63) is 54.1 Å². The summed E-state index contributed by atoms with van der Waals surface area (Å²) in [5.41, 5.74) is 0.732. The van der Waals surface area contributed by atoms with Crippen molar-refractivity contribution in [2.75, 3.05) is 57.8 Å². The number of hydrogen-bond donors (Lipinski definition) is 1. The number of rotatable bonds is 8. The number of carbonyl (C=O) groups excluding carboxylic acids is 1. The first-order valence-corrected chi connectivity index (χ1v) is 13.3. The molecule has 2 aromatic carbocycles. The summed E-state index contributed by atoms with van der Waals surface area (Å²) in [6.07, 6.45) is 3.09. The Bertz CT molecular complexity index is 1080. The van der Waals surface area contributed by atoms with Gasteiger partial charge in [0.15, 0.2) is 0 Å². The molecule has 1 amide bonds. The number of benzene rings is 2. The van der Waals surface area contributed by atoms with Crippen LogP contribution in [0, 0.1) is 5.92 Å². The molecule has 0 aliphatic carbocycles. The SMILES string of the molecule is COc1ccccc1NS(=O)(=O)c1cccc(C(=O)N2CCC(CCN3CCOCC3)CC2)c1. The van der Waals surface area contributed by atoms with Gasteiger partial charge in [-0.1, -0.05) is 18.2 Å². The lowest BCUT2D eigenvalue weighted by Gasteiger charge is -2.34. The lowest BCUT2D eigenvalue weighted by molar-refractivity contribution is 0.0332. The van der Waals surface area contributed by atoms with Crippen molar-refractivity contribution >= 4 is 21.6 Å². The standard InChI is InChI=1S/C25H33N3O5S/c1-32-24-8-3-2-7-23(24)26-34(30,31)22-6-4-5-21(19-22)25(29)28-13-10-20(11-14-28)9-12-27-15-17-33-18-16-27/h2-8,19-20,26H,9-18H2,1H3. The van der Waals surface area contributed by atoms with Gasteiger partial charge in [-0.2, -0.15) is 0 Å². The smallest absolute Gasteiger partial charge is 0.262 e. The Morgan fingerprint density at radius 3 is 2.53 bits per heavy atom. The van der Waals surface area contributed by atoms with Crippen molar-refractivity contribution in [3.63, 3.8) is 0 Å². The Morgan fingerprint density at radius 2 is 1.79 bits per heavy atom. The zero-order chi connectivity index (χ0) is 24.0. The van der Waals surface area contributed by atoms with Gasteiger partial charge in [-0.05, 0) is 62.1 Å². The summed E-state index contributed by atoms with van der Waals surface area (Å²) < 4.78 is 39.1. The van der Waals surface area contributed by atoms with E-state index in [9.17, 15) is 13.2 Å². The summed E-state index contributed by atoms with van der Waals surface area (Å²) in [7, 11) is -2.39. The molecule has 0 spiro atoms. The van der Waals surface area contributed by atoms with E-state index in [1.807, 2.05) is 4.90 Å². The minimum atomic E-state index is -3.87. The molecule has 2 saturated heterocycles. The molecule has 0 unspecified atom stereocenters. The molecule has 0 bridgehead atoms. The van der Waals surface area contributed by atoms with Gasteiger partial charge in [-0.25, -0.2) is 8.42 Å². The molecule has 8 nitrogen and oxygen atoms in total. The van der Waals surface area contributed by atoms with E-state index < -0.39 is 10.0 Å². The number of likely N-dealkylation sites (tertiary alicyclic amines) is 1. The average molecular weight is 488 g/mol. The lowest BCUT2D eigenvalue weighted by atomic mass is 9.93. The molecule has 4 rings (SSSR count). The number of nitrogens with zero attached hydrogens (tertiary/aromatic N) is 2. The number of anilines is 1. The molecule has 2 aliphatic rings. The van der Waals surface area contributed by atoms with E-state index >= 15 is 0 Å². The number of methoxy groups -OCH3 is 1. The van der Waals surface area contributed by atoms with Crippen LogP contribution in [-0.2, 0) is 14.8 Å². The minimum absolute atomic E-state index is 0.0460. The number of hydrogen-bond acceptors (Lipinski definition) is 6. The number of sulfonamides is 1. The second-order valence-corrected chi connectivity index (χ2v) is 10.5. The highest BCUT2D eigenvalue weighted by Crippen LogP contribution is 2.27. The zero-order valence-corrected chi connectivity index (χ0v) is 20.4. The fraction of sp³-hybridized carbons (Fsp3) is 0.480. The van der Waals surface area contributed by atoms with Gasteiger partial charge in [0.1, 0.15) is 5.75 Å². The third-order valence-corrected chi connectivity index (χ3v) is 7.96. The molecular weight excluding hydrogens is 454 g/mol. The summed E-state index contributed by atoms with van der Waals surface area (Å²) in [6, 6.07) is 13.0. The average Bonchev–Trinajstić information content (AvgIpc) is 2.88. The highest BCUT2D eigenvalue weighted by atomic mass is 32.2. The quantitative estimate of drug-likeness (QED) is 0.616. The monoisotopic (exact) mass is 487 g/mol. The highest BCUT2D eigenvalue weighted by molar-refractivity contribution is 7.92. The molecular formula is C25H33N3O5S. The third kappa shape index (κ3) is 6.08. The summed E-state index contributed by atoms with van der Waals surface area (Å²) in [6.45, 7) is 6.12. The van der Waals surface area contributed by atoms with Crippen LogP contribution in [0.5, 0.6) is 5.75 Å². The van der Waals surface area contributed by atoms with E-state index in [0.29, 0.717) is 36.0 Å². The first-order chi connectivity index (χ1) is 16.5. The van der Waals surface area contributed by atoms with Crippen molar-refractivity contribution in [1.82, 2.24) is 9.80 Å². The van der Waals surface area contributed by atoms with Gasteiger partial charge in [-0.15, -0.1) is 0 Å². The van der Waals surface area contributed by atoms with E-state index in [-0.39, 0.29) is 10.8 Å². The molecule has 2 aromatic rings. The van der Waals surface area contributed by atoms with Gasteiger partial charge < -0.3 is 14.4 Å². The van der Waals surface area contributed by atoms with Crippen LogP contribution in [0.2, 0.25) is 0 Å². The fourth-order valence-electron chi connectivity index (χ4n) is 4.53. The van der Waals surface area contributed by atoms with Gasteiger partial charge in [0, 0.05) is 31.7 Å². The van der Waals surface area contributed by atoms with Gasteiger partial charge in [0.2, 0.25) is 0 Å². The number of nitrogens with one attached hydrogen (secondary N) is 1. The van der Waals surface area contributed by atoms with Crippen LogP contribution >= 0.6 is 0 Å². The topological polar surface area (TPSA) is 88.2 Å². The maximum Gasteiger partial charge on any atom is 0.262 e. The molecule has 9 heteroatoms. The van der Waals surface area contributed by atoms with Crippen molar-refractivity contribution in [2.45, 2.75) is 24.2 Å². The Kier molecular flexibility index (Phi) is 8.07. The molecule has 1 N–H and O–H groups in total. The van der Waals surface area contributed by atoms with Gasteiger partial charge in [-0.3, -0.25) is 14.4 Å². The normalized spacial score (nSPS) is 18.0. The molecule has 2 heterocycles. The van der Waals surface area contributed by atoms with E-state index in [1.54, 1.807) is 36.4 Å². The fourth-order valence-corrected chi connectivity index (χ4v) is 5.64. The second-order valence-electron chi connectivity index (χ2n) is 8.81. The van der Waals surface area contributed by atoms with Crippen molar-refractivity contribution in [2.24, 2.45) is 5.92 Å². The van der Waals surface area contributed by atoms with Gasteiger partial charge in [0.05, 0.1) is 30.9 Å². The number of para-hydroxylation sites is 2. The molecule has 2 fully saturated rings. The van der Waals surface area contributed by atoms with Crippen LogP contribution in [0.3, 0.4) is 0 Å². The second kappa shape index (κ2) is 11.2. The van der Waals surface area contributed by atoms with Crippen LogP contribution < -0.4 is 9.46 Å². The summed E-state index contributed by atoms with van der Waals surface area (Å²) in [4.78, 5) is 17.5. The van der Waals surface area contributed by atoms with E-state index in [2.05, 4.69) is 9.62 Å². The Hall–Kier alpha value is -2.62. The molecule has 0 radical (unpaired) electrons. The number of ether oxygens (including phenoxy) is 2. The number of morpholine rings is 1. The van der Waals surface area contributed by atoms with Crippen molar-refractivity contribution in [1.29, 1.82) is 0 Å². The third-order valence-electron chi connectivity index (χ3n) is 6.60. The van der Waals surface area contributed by atoms with E-state index in [4.69, 9.17) is 9.47 Å². The highest BCUT2D eigenvalue weighted by Gasteiger charge is 2.25. The van der Waals surface area contributed by atoms with Gasteiger partial charge in [0.25, 0.3) is 15.9 Å². The maximum absolute atomic E-state index is 13.1. The summed E-state index contributed by atoms with van der Waals surface area (Å²) in [5.74, 6) is 0.916. The molecule has 184 valence electrons. The predicted octanol–water partition coefficient (Wildman–Crippen LogP) is 3.07. The lowest BCUT2D eigenvalue weighted by Crippen LogP contribution is -2.40. The van der Waals surface area contributed by atoms with Crippen molar-refractivity contribution < 1.29 is 22.7 Å². The number of carbonyl (C=O) groups is 1. The maximum atomic E-state index is 13.1. The Morgan fingerprint density at radius 1 is 1.06 bits per heavy atom. The van der Waals surface area contributed by atoms with Crippen molar-refractivity contribution in [3.8, 4) is 5.75 Å². The molecule has 0 atom stereocenters. The Labute approximate surface area is 201 Å². The molecule has 0 aromatic heterocycles. The van der Waals surface area contributed by atoms with Crippen LogP contribution in [0.1, 0.15) is 29.6 Å². The Balaban J connectivity index is 1.35. The van der Waals surface area contributed by atoms with Crippen LogP contribution in [-0.4, -0.2) is 77.2 Å². The van der Waals surface area contributed by atoms with Crippen LogP contribution in [0.4, 0.5) is 5.69 Å². The molecule has 2 aliphatic heterocycles. The van der Waals surface area contributed by atoms with Crippen LogP contribution in [0.15, 0.2) is 53.4 Å². The number of piperidine rings is 1. The van der Waals surface area contributed by atoms with E-state index in [1.165, 1.54) is 19.2 Å². The zero-order valence-electron chi connectivity index (χ0n) is 19.6. The first-order valence-electron chi connectivity index (χ1n) is 11.8. The van der Waals surface area contributed by atoms with E-state index in [0.717, 1.165) is 52.1 Å². The minimum Gasteiger partial charge on any atom is -0.495 e. The summed E-state index contributed by atoms with van der Waals surface area (Å²) in [5, 5.41) is 0. The first kappa shape index (κ1) is 24.5. The number of amides is 1. The van der Waals surface area contributed by atoms with Crippen LogP contribution in [0.25, 0.3) is 0 Å². The predicted molar refractivity (Wildman–Crippen MR) is 131 cm³/mol. The largest absolute Gasteiger partial charge is 0.495 e. The molecule has 34 heavy (non-hydrogen) atoms. The summed E-state index contributed by atoms with van der Waals surface area (Å²) >= 11 is 0. The molecule has 0 saturated carbocycles. The van der Waals surface area contributed by atoms with Gasteiger partial charge >= 0.3 is 0 Å².